The van der Waals surface area contributed by atoms with Crippen LogP contribution in [0.5, 0.6) is 0 Å². The van der Waals surface area contributed by atoms with E-state index >= 15 is 0 Å². The molecule has 5 heteroatoms. The first-order valence-electron chi connectivity index (χ1n) is 6.59. The largest absolute Gasteiger partial charge is 0.354 e. The van der Waals surface area contributed by atoms with E-state index in [1.807, 2.05) is 7.05 Å². The van der Waals surface area contributed by atoms with Crippen molar-refractivity contribution in [3.05, 3.63) is 17.8 Å². The first-order valence-corrected chi connectivity index (χ1v) is 6.59. The van der Waals surface area contributed by atoms with Crippen molar-refractivity contribution in [3.63, 3.8) is 0 Å². The topological polar surface area (TPSA) is 44.3 Å². The summed E-state index contributed by atoms with van der Waals surface area (Å²) in [5.74, 6) is 1.00. The van der Waals surface area contributed by atoms with Crippen LogP contribution in [-0.4, -0.2) is 55.4 Å². The van der Waals surface area contributed by atoms with Crippen molar-refractivity contribution < 1.29 is 0 Å². The van der Waals surface area contributed by atoms with E-state index in [-0.39, 0.29) is 0 Å². The predicted molar refractivity (Wildman–Crippen MR) is 73.7 cm³/mol. The first-order chi connectivity index (χ1) is 8.70. The Morgan fingerprint density at radius 3 is 2.83 bits per heavy atom. The van der Waals surface area contributed by atoms with E-state index in [1.54, 1.807) is 0 Å². The molecule has 0 aliphatic carbocycles. The van der Waals surface area contributed by atoms with E-state index in [1.165, 1.54) is 12.8 Å². The minimum atomic E-state index is 0.623. The number of rotatable bonds is 4. The van der Waals surface area contributed by atoms with Crippen molar-refractivity contribution in [3.8, 4) is 0 Å². The zero-order valence-electron chi connectivity index (χ0n) is 11.6. The van der Waals surface area contributed by atoms with Crippen molar-refractivity contribution in [2.45, 2.75) is 25.4 Å². The predicted octanol–water partition coefficient (Wildman–Crippen LogP) is 0.726. The number of aromatic nitrogens is 2. The van der Waals surface area contributed by atoms with Gasteiger partial charge in [0.1, 0.15) is 0 Å². The van der Waals surface area contributed by atoms with E-state index < -0.39 is 0 Å². The van der Waals surface area contributed by atoms with Crippen LogP contribution in [0.3, 0.4) is 0 Å². The molecule has 0 bridgehead atoms. The van der Waals surface area contributed by atoms with Crippen molar-refractivity contribution in [1.29, 1.82) is 0 Å². The smallest absolute Gasteiger partial charge is 0.151 e. The highest BCUT2D eigenvalue weighted by atomic mass is 15.3. The van der Waals surface area contributed by atoms with Gasteiger partial charge in [-0.1, -0.05) is 0 Å². The van der Waals surface area contributed by atoms with Crippen LogP contribution in [0.15, 0.2) is 12.1 Å². The summed E-state index contributed by atoms with van der Waals surface area (Å²) in [6.45, 7) is 2.91. The molecule has 1 aliphatic rings. The Labute approximate surface area is 109 Å². The van der Waals surface area contributed by atoms with Gasteiger partial charge in [-0.3, -0.25) is 0 Å². The van der Waals surface area contributed by atoms with Gasteiger partial charge in [0.2, 0.25) is 0 Å². The molecule has 1 N–H and O–H groups in total. The van der Waals surface area contributed by atoms with Crippen LogP contribution in [0.4, 0.5) is 5.82 Å². The highest BCUT2D eigenvalue weighted by Gasteiger charge is 2.22. The molecule has 0 aromatic carbocycles. The summed E-state index contributed by atoms with van der Waals surface area (Å²) in [5, 5.41) is 11.7. The number of piperidine rings is 1. The molecular formula is C13H23N5. The number of likely N-dealkylation sites (N-methyl/N-ethyl adjacent to an activating group) is 1. The van der Waals surface area contributed by atoms with Crippen LogP contribution in [0, 0.1) is 0 Å². The second-order valence-corrected chi connectivity index (χ2v) is 5.12. The maximum absolute atomic E-state index is 4.33. The molecule has 1 aromatic rings. The summed E-state index contributed by atoms with van der Waals surface area (Å²) >= 11 is 0. The lowest BCUT2D eigenvalue weighted by atomic mass is 10.1. The van der Waals surface area contributed by atoms with Gasteiger partial charge >= 0.3 is 0 Å². The van der Waals surface area contributed by atoms with Crippen molar-refractivity contribution >= 4 is 5.82 Å². The van der Waals surface area contributed by atoms with E-state index in [2.05, 4.69) is 51.5 Å². The monoisotopic (exact) mass is 249 g/mol. The Balaban J connectivity index is 2.02. The number of anilines is 1. The highest BCUT2D eigenvalue weighted by molar-refractivity contribution is 5.38. The van der Waals surface area contributed by atoms with E-state index in [9.17, 15) is 0 Å². The van der Waals surface area contributed by atoms with Crippen LogP contribution in [0.25, 0.3) is 0 Å². The third-order valence-electron chi connectivity index (χ3n) is 3.51. The summed E-state index contributed by atoms with van der Waals surface area (Å²) < 4.78 is 0. The molecule has 2 rings (SSSR count). The maximum atomic E-state index is 4.33. The fraction of sp³-hybridized carbons (Fsp3) is 0.692. The molecule has 1 atom stereocenters. The van der Waals surface area contributed by atoms with Crippen LogP contribution in [-0.2, 0) is 6.54 Å². The number of hydrogen-bond acceptors (Lipinski definition) is 5. The van der Waals surface area contributed by atoms with Crippen LogP contribution in [0.1, 0.15) is 18.5 Å². The van der Waals surface area contributed by atoms with Gasteiger partial charge in [-0.2, -0.15) is 5.10 Å². The molecule has 1 saturated heterocycles. The second kappa shape index (κ2) is 6.11. The minimum Gasteiger partial charge on any atom is -0.354 e. The van der Waals surface area contributed by atoms with Gasteiger partial charge < -0.3 is 15.1 Å². The Morgan fingerprint density at radius 2 is 2.22 bits per heavy atom. The third kappa shape index (κ3) is 3.17. The minimum absolute atomic E-state index is 0.623. The molecule has 18 heavy (non-hydrogen) atoms. The third-order valence-corrected chi connectivity index (χ3v) is 3.51. The zero-order valence-corrected chi connectivity index (χ0v) is 11.6. The van der Waals surface area contributed by atoms with Gasteiger partial charge in [0, 0.05) is 25.7 Å². The lowest BCUT2D eigenvalue weighted by Gasteiger charge is -2.36. The SMILES string of the molecule is CNCc1ccc(N2CCCC(N(C)C)C2)nn1. The fourth-order valence-electron chi connectivity index (χ4n) is 2.38. The molecule has 0 amide bonds. The quantitative estimate of drug-likeness (QED) is 0.852. The molecular weight excluding hydrogens is 226 g/mol. The van der Waals surface area contributed by atoms with Crippen molar-refractivity contribution in [2.24, 2.45) is 0 Å². The van der Waals surface area contributed by atoms with E-state index in [0.717, 1.165) is 31.1 Å². The van der Waals surface area contributed by atoms with Gasteiger partial charge in [0.05, 0.1) is 5.69 Å². The molecule has 1 aromatic heterocycles. The average Bonchev–Trinajstić information content (AvgIpc) is 2.40. The molecule has 0 spiro atoms. The summed E-state index contributed by atoms with van der Waals surface area (Å²) in [6, 6.07) is 4.76. The Morgan fingerprint density at radius 1 is 1.39 bits per heavy atom. The van der Waals surface area contributed by atoms with Gasteiger partial charge in [-0.05, 0) is 46.1 Å². The Kier molecular flexibility index (Phi) is 4.49. The summed E-state index contributed by atoms with van der Waals surface area (Å²) in [4.78, 5) is 4.64. The van der Waals surface area contributed by atoms with Crippen molar-refractivity contribution in [2.75, 3.05) is 39.1 Å². The second-order valence-electron chi connectivity index (χ2n) is 5.12. The highest BCUT2D eigenvalue weighted by Crippen LogP contribution is 2.19. The van der Waals surface area contributed by atoms with Crippen LogP contribution >= 0.6 is 0 Å². The summed E-state index contributed by atoms with van der Waals surface area (Å²) in [5.41, 5.74) is 0.988. The molecule has 0 saturated carbocycles. The van der Waals surface area contributed by atoms with Gasteiger partial charge in [-0.25, -0.2) is 0 Å². The number of nitrogens with zero attached hydrogens (tertiary/aromatic N) is 4. The number of nitrogens with one attached hydrogen (secondary N) is 1. The average molecular weight is 249 g/mol. The summed E-state index contributed by atoms with van der Waals surface area (Å²) in [7, 11) is 6.22. The molecule has 2 heterocycles. The molecule has 1 aliphatic heterocycles. The van der Waals surface area contributed by atoms with Gasteiger partial charge in [0.15, 0.2) is 5.82 Å². The normalized spacial score (nSPS) is 20.4. The molecule has 100 valence electrons. The molecule has 0 radical (unpaired) electrons. The standard InChI is InChI=1S/C13H23N5/c1-14-9-11-6-7-13(16-15-11)18-8-4-5-12(10-18)17(2)3/h6-7,12,14H,4-5,8-10H2,1-3H3. The lowest BCUT2D eigenvalue weighted by molar-refractivity contribution is 0.257. The van der Waals surface area contributed by atoms with Crippen LogP contribution in [0.2, 0.25) is 0 Å². The molecule has 1 fully saturated rings. The Hall–Kier alpha value is -1.20. The van der Waals surface area contributed by atoms with Crippen LogP contribution < -0.4 is 10.2 Å². The van der Waals surface area contributed by atoms with E-state index in [4.69, 9.17) is 0 Å². The first kappa shape index (κ1) is 13.2. The summed E-state index contributed by atoms with van der Waals surface area (Å²) in [6.07, 6.45) is 2.50. The Bertz CT molecular complexity index is 362. The van der Waals surface area contributed by atoms with Crippen molar-refractivity contribution in [1.82, 2.24) is 20.4 Å². The van der Waals surface area contributed by atoms with Gasteiger partial charge in [0.25, 0.3) is 0 Å². The molecule has 5 nitrogen and oxygen atoms in total. The van der Waals surface area contributed by atoms with E-state index in [0.29, 0.717) is 6.04 Å². The van der Waals surface area contributed by atoms with Gasteiger partial charge in [-0.15, -0.1) is 5.10 Å². The number of hydrogen-bond donors (Lipinski definition) is 1. The fourth-order valence-corrected chi connectivity index (χ4v) is 2.38. The lowest BCUT2D eigenvalue weighted by Crippen LogP contribution is -2.45. The maximum Gasteiger partial charge on any atom is 0.151 e. The zero-order chi connectivity index (χ0) is 13.0. The molecule has 1 unspecified atom stereocenters.